The van der Waals surface area contributed by atoms with Crippen LogP contribution in [0.3, 0.4) is 0 Å². The summed E-state index contributed by atoms with van der Waals surface area (Å²) in [4.78, 5) is 6.72. The molecule has 1 aliphatic rings. The third-order valence-electron chi connectivity index (χ3n) is 4.42. The summed E-state index contributed by atoms with van der Waals surface area (Å²) >= 11 is 0. The third kappa shape index (κ3) is 7.62. The van der Waals surface area contributed by atoms with Crippen LogP contribution in [-0.4, -0.2) is 63.9 Å². The fourth-order valence-electron chi connectivity index (χ4n) is 2.75. The van der Waals surface area contributed by atoms with E-state index >= 15 is 0 Å². The van der Waals surface area contributed by atoms with Crippen molar-refractivity contribution in [1.82, 2.24) is 15.5 Å². The van der Waals surface area contributed by atoms with Gasteiger partial charge in [-0.05, 0) is 18.4 Å². The van der Waals surface area contributed by atoms with Crippen LogP contribution in [0, 0.1) is 5.92 Å². The average Bonchev–Trinajstić information content (AvgIpc) is 2.66. The third-order valence-corrected chi connectivity index (χ3v) is 4.42. The standard InChI is InChI=1S/C20H34N4O2/c1-17(2)8-13-26-19-7-5-4-6-18(19)16-23-20(21-3)22-9-10-24-11-14-25-15-12-24/h4-7,17H,8-16H2,1-3H3,(H2,21,22,23). The lowest BCUT2D eigenvalue weighted by molar-refractivity contribution is 0.0389. The summed E-state index contributed by atoms with van der Waals surface area (Å²) in [6, 6.07) is 8.19. The van der Waals surface area contributed by atoms with Gasteiger partial charge in [0.2, 0.25) is 0 Å². The quantitative estimate of drug-likeness (QED) is 0.520. The van der Waals surface area contributed by atoms with Crippen molar-refractivity contribution in [2.45, 2.75) is 26.8 Å². The van der Waals surface area contributed by atoms with E-state index in [1.54, 1.807) is 7.05 Å². The number of nitrogens with one attached hydrogen (secondary N) is 2. The molecule has 0 aliphatic carbocycles. The number of rotatable bonds is 9. The molecule has 1 heterocycles. The van der Waals surface area contributed by atoms with Gasteiger partial charge in [-0.15, -0.1) is 0 Å². The van der Waals surface area contributed by atoms with Gasteiger partial charge in [-0.1, -0.05) is 32.0 Å². The Morgan fingerprint density at radius 3 is 2.73 bits per heavy atom. The molecular formula is C20H34N4O2. The van der Waals surface area contributed by atoms with Gasteiger partial charge in [-0.25, -0.2) is 0 Å². The van der Waals surface area contributed by atoms with Gasteiger partial charge in [0.05, 0.1) is 19.8 Å². The molecule has 1 aromatic rings. The van der Waals surface area contributed by atoms with E-state index in [9.17, 15) is 0 Å². The van der Waals surface area contributed by atoms with Crippen LogP contribution in [0.4, 0.5) is 0 Å². The molecule has 1 fully saturated rings. The lowest BCUT2D eigenvalue weighted by Gasteiger charge is -2.26. The first-order chi connectivity index (χ1) is 12.7. The second-order valence-electron chi connectivity index (χ2n) is 6.95. The number of benzene rings is 1. The maximum absolute atomic E-state index is 5.96. The molecule has 2 rings (SSSR count). The lowest BCUT2D eigenvalue weighted by Crippen LogP contribution is -2.44. The summed E-state index contributed by atoms with van der Waals surface area (Å²) < 4.78 is 11.3. The zero-order chi connectivity index (χ0) is 18.6. The van der Waals surface area contributed by atoms with Crippen molar-refractivity contribution >= 4 is 5.96 Å². The molecular weight excluding hydrogens is 328 g/mol. The van der Waals surface area contributed by atoms with Gasteiger partial charge in [-0.2, -0.15) is 0 Å². The first-order valence-electron chi connectivity index (χ1n) is 9.64. The van der Waals surface area contributed by atoms with Crippen LogP contribution in [0.5, 0.6) is 5.75 Å². The summed E-state index contributed by atoms with van der Waals surface area (Å²) in [5.74, 6) is 2.41. The number of nitrogens with zero attached hydrogens (tertiary/aromatic N) is 2. The van der Waals surface area contributed by atoms with E-state index < -0.39 is 0 Å². The average molecular weight is 363 g/mol. The van der Waals surface area contributed by atoms with Crippen molar-refractivity contribution in [1.29, 1.82) is 0 Å². The van der Waals surface area contributed by atoms with Crippen molar-refractivity contribution in [2.75, 3.05) is 53.0 Å². The molecule has 1 aromatic carbocycles. The van der Waals surface area contributed by atoms with Crippen LogP contribution in [-0.2, 0) is 11.3 Å². The van der Waals surface area contributed by atoms with E-state index in [2.05, 4.69) is 40.4 Å². The Morgan fingerprint density at radius 1 is 1.23 bits per heavy atom. The summed E-state index contributed by atoms with van der Waals surface area (Å²) in [6.45, 7) is 11.4. The molecule has 146 valence electrons. The van der Waals surface area contributed by atoms with Gasteiger partial charge in [-0.3, -0.25) is 9.89 Å². The predicted octanol–water partition coefficient (Wildman–Crippen LogP) is 2.11. The fraction of sp³-hybridized carbons (Fsp3) is 0.650. The SMILES string of the molecule is CN=C(NCCN1CCOCC1)NCc1ccccc1OCCC(C)C. The van der Waals surface area contributed by atoms with Crippen molar-refractivity contribution < 1.29 is 9.47 Å². The van der Waals surface area contributed by atoms with E-state index in [0.29, 0.717) is 12.5 Å². The number of hydrogen-bond acceptors (Lipinski definition) is 4. The molecule has 0 spiro atoms. The minimum Gasteiger partial charge on any atom is -0.493 e. The Balaban J connectivity index is 1.75. The number of ether oxygens (including phenoxy) is 2. The van der Waals surface area contributed by atoms with Crippen LogP contribution in [0.1, 0.15) is 25.8 Å². The van der Waals surface area contributed by atoms with E-state index in [-0.39, 0.29) is 0 Å². The molecule has 0 unspecified atom stereocenters. The minimum atomic E-state index is 0.648. The molecule has 0 bridgehead atoms. The molecule has 0 radical (unpaired) electrons. The van der Waals surface area contributed by atoms with Gasteiger partial charge in [0.1, 0.15) is 5.75 Å². The zero-order valence-corrected chi connectivity index (χ0v) is 16.5. The fourth-order valence-corrected chi connectivity index (χ4v) is 2.75. The maximum Gasteiger partial charge on any atom is 0.191 e. The number of aliphatic imine (C=N–C) groups is 1. The highest BCUT2D eigenvalue weighted by Gasteiger charge is 2.10. The van der Waals surface area contributed by atoms with Crippen molar-refractivity contribution in [3.8, 4) is 5.75 Å². The Kier molecular flexibility index (Phi) is 9.28. The van der Waals surface area contributed by atoms with Crippen molar-refractivity contribution in [2.24, 2.45) is 10.9 Å². The first kappa shape index (κ1) is 20.5. The number of hydrogen-bond donors (Lipinski definition) is 2. The molecule has 6 heteroatoms. The minimum absolute atomic E-state index is 0.648. The number of morpholine rings is 1. The second-order valence-corrected chi connectivity index (χ2v) is 6.95. The van der Waals surface area contributed by atoms with Gasteiger partial charge < -0.3 is 20.1 Å². The van der Waals surface area contributed by atoms with Crippen molar-refractivity contribution in [3.63, 3.8) is 0 Å². The molecule has 1 saturated heterocycles. The topological polar surface area (TPSA) is 58.1 Å². The zero-order valence-electron chi connectivity index (χ0n) is 16.5. The molecule has 26 heavy (non-hydrogen) atoms. The maximum atomic E-state index is 5.96. The Morgan fingerprint density at radius 2 is 2.00 bits per heavy atom. The van der Waals surface area contributed by atoms with Crippen LogP contribution in [0.15, 0.2) is 29.3 Å². The lowest BCUT2D eigenvalue weighted by atomic mass is 10.1. The Hall–Kier alpha value is -1.79. The van der Waals surface area contributed by atoms with E-state index in [1.165, 1.54) is 0 Å². The Labute approximate surface area is 158 Å². The summed E-state index contributed by atoms with van der Waals surface area (Å²) in [5, 5.41) is 6.76. The molecule has 0 atom stereocenters. The van der Waals surface area contributed by atoms with Gasteiger partial charge in [0.15, 0.2) is 5.96 Å². The normalized spacial score (nSPS) is 15.9. The number of para-hydroxylation sites is 1. The summed E-state index contributed by atoms with van der Waals surface area (Å²) in [6.07, 6.45) is 1.06. The highest BCUT2D eigenvalue weighted by molar-refractivity contribution is 5.79. The highest BCUT2D eigenvalue weighted by Crippen LogP contribution is 2.18. The highest BCUT2D eigenvalue weighted by atomic mass is 16.5. The number of guanidine groups is 1. The second kappa shape index (κ2) is 11.8. The van der Waals surface area contributed by atoms with Crippen LogP contribution in [0.2, 0.25) is 0 Å². The monoisotopic (exact) mass is 362 g/mol. The van der Waals surface area contributed by atoms with E-state index in [0.717, 1.165) is 69.7 Å². The predicted molar refractivity (Wildman–Crippen MR) is 107 cm³/mol. The molecule has 2 N–H and O–H groups in total. The van der Waals surface area contributed by atoms with E-state index in [1.807, 2.05) is 18.2 Å². The molecule has 0 amide bonds. The van der Waals surface area contributed by atoms with Gasteiger partial charge in [0, 0.05) is 45.3 Å². The van der Waals surface area contributed by atoms with Gasteiger partial charge in [0.25, 0.3) is 0 Å². The molecule has 0 saturated carbocycles. The molecule has 6 nitrogen and oxygen atoms in total. The Bertz CT molecular complexity index is 542. The van der Waals surface area contributed by atoms with Crippen LogP contribution < -0.4 is 15.4 Å². The summed E-state index contributed by atoms with van der Waals surface area (Å²) in [7, 11) is 1.80. The van der Waals surface area contributed by atoms with Crippen LogP contribution >= 0.6 is 0 Å². The van der Waals surface area contributed by atoms with E-state index in [4.69, 9.17) is 9.47 Å². The molecule has 1 aliphatic heterocycles. The smallest absolute Gasteiger partial charge is 0.191 e. The first-order valence-corrected chi connectivity index (χ1v) is 9.64. The summed E-state index contributed by atoms with van der Waals surface area (Å²) in [5.41, 5.74) is 1.15. The molecule has 0 aromatic heterocycles. The van der Waals surface area contributed by atoms with Crippen molar-refractivity contribution in [3.05, 3.63) is 29.8 Å². The van der Waals surface area contributed by atoms with Gasteiger partial charge >= 0.3 is 0 Å². The van der Waals surface area contributed by atoms with Crippen LogP contribution in [0.25, 0.3) is 0 Å². The largest absolute Gasteiger partial charge is 0.493 e.